The van der Waals surface area contributed by atoms with Gasteiger partial charge in [0.1, 0.15) is 20.9 Å². The normalized spacial score (nSPS) is 12.1. The fraction of sp³-hybridized carbons (Fsp3) is 0.312. The van der Waals surface area contributed by atoms with Crippen LogP contribution in [0.1, 0.15) is 18.7 Å². The molecule has 0 aliphatic heterocycles. The Balaban J connectivity index is 2.59. The monoisotopic (exact) mass is 399 g/mol. The molecule has 0 aliphatic carbocycles. The first kappa shape index (κ1) is 19.4. The molecule has 6 nitrogen and oxygen atoms in total. The van der Waals surface area contributed by atoms with Crippen molar-refractivity contribution in [3.63, 3.8) is 0 Å². The molecule has 0 fully saturated rings. The molecule has 9 heteroatoms. The number of nitriles is 1. The molecule has 134 valence electrons. The van der Waals surface area contributed by atoms with Crippen LogP contribution in [0.4, 0.5) is 0 Å². The minimum atomic E-state index is -3.95. The van der Waals surface area contributed by atoms with Gasteiger partial charge in [-0.2, -0.15) is 5.26 Å². The quantitative estimate of drug-likeness (QED) is 0.740. The zero-order valence-electron chi connectivity index (χ0n) is 13.9. The SMILES string of the molecule is CC(C)COc1cc(S(C)(=O)=O)cc(S(=O)(=O)c2ccc(C#N)s2)c1. The third-order valence-electron chi connectivity index (χ3n) is 3.13. The van der Waals surface area contributed by atoms with Crippen molar-refractivity contribution in [1.82, 2.24) is 0 Å². The van der Waals surface area contributed by atoms with Crippen LogP contribution < -0.4 is 4.74 Å². The number of benzene rings is 1. The summed E-state index contributed by atoms with van der Waals surface area (Å²) in [5.41, 5.74) is 0. The maximum atomic E-state index is 12.8. The minimum Gasteiger partial charge on any atom is -0.493 e. The molecule has 1 aromatic heterocycles. The lowest BCUT2D eigenvalue weighted by molar-refractivity contribution is 0.270. The Labute approximate surface area is 151 Å². The van der Waals surface area contributed by atoms with E-state index in [0.29, 0.717) is 6.61 Å². The summed E-state index contributed by atoms with van der Waals surface area (Å²) < 4.78 is 54.9. The number of rotatable bonds is 6. The van der Waals surface area contributed by atoms with E-state index in [9.17, 15) is 16.8 Å². The summed E-state index contributed by atoms with van der Waals surface area (Å²) >= 11 is 0.833. The van der Waals surface area contributed by atoms with Gasteiger partial charge in [0.2, 0.25) is 9.84 Å². The van der Waals surface area contributed by atoms with Crippen molar-refractivity contribution in [2.45, 2.75) is 27.8 Å². The predicted octanol–water partition coefficient (Wildman–Crippen LogP) is 2.89. The van der Waals surface area contributed by atoms with Crippen LogP contribution in [0.2, 0.25) is 0 Å². The maximum absolute atomic E-state index is 12.8. The molecule has 25 heavy (non-hydrogen) atoms. The number of nitrogens with zero attached hydrogens (tertiary/aromatic N) is 1. The van der Waals surface area contributed by atoms with Crippen LogP contribution >= 0.6 is 11.3 Å². The van der Waals surface area contributed by atoms with Crippen molar-refractivity contribution < 1.29 is 21.6 Å². The zero-order valence-corrected chi connectivity index (χ0v) is 16.3. The van der Waals surface area contributed by atoms with E-state index in [1.54, 1.807) is 0 Å². The second-order valence-corrected chi connectivity index (χ2v) is 11.1. The maximum Gasteiger partial charge on any atom is 0.216 e. The Morgan fingerprint density at radius 3 is 2.28 bits per heavy atom. The standard InChI is InChI=1S/C16H17NO5S3/c1-11(2)10-22-12-6-14(24(3,18)19)8-15(7-12)25(20,21)16-5-4-13(9-17)23-16/h4-8,11H,10H2,1-3H3. The molecular formula is C16H17NO5S3. The van der Waals surface area contributed by atoms with Gasteiger partial charge in [-0.05, 0) is 36.2 Å². The summed E-state index contributed by atoms with van der Waals surface area (Å²) in [4.78, 5) is -0.0564. The van der Waals surface area contributed by atoms with Gasteiger partial charge in [0, 0.05) is 6.26 Å². The van der Waals surface area contributed by atoms with Crippen LogP contribution in [0, 0.1) is 17.2 Å². The summed E-state index contributed by atoms with van der Waals surface area (Å²) in [6.07, 6.45) is 1.00. The second-order valence-electron chi connectivity index (χ2n) is 5.85. The molecule has 0 aliphatic rings. The lowest BCUT2D eigenvalue weighted by Crippen LogP contribution is -2.08. The number of thiophene rings is 1. The van der Waals surface area contributed by atoms with Gasteiger partial charge in [0.05, 0.1) is 16.4 Å². The topological polar surface area (TPSA) is 101 Å². The van der Waals surface area contributed by atoms with Crippen LogP contribution in [0.25, 0.3) is 0 Å². The van der Waals surface area contributed by atoms with Crippen LogP contribution in [0.15, 0.2) is 44.3 Å². The Morgan fingerprint density at radius 1 is 1.12 bits per heavy atom. The molecule has 0 saturated heterocycles. The van der Waals surface area contributed by atoms with Gasteiger partial charge in [-0.1, -0.05) is 13.8 Å². The highest BCUT2D eigenvalue weighted by Crippen LogP contribution is 2.31. The molecular weight excluding hydrogens is 382 g/mol. The Hall–Kier alpha value is -1.89. The third kappa shape index (κ3) is 4.60. The van der Waals surface area contributed by atoms with E-state index in [4.69, 9.17) is 10.00 Å². The van der Waals surface area contributed by atoms with Gasteiger partial charge < -0.3 is 4.74 Å². The number of hydrogen-bond donors (Lipinski definition) is 0. The summed E-state index contributed by atoms with van der Waals surface area (Å²) in [5, 5.41) is 8.87. The highest BCUT2D eigenvalue weighted by atomic mass is 32.2. The molecule has 0 bridgehead atoms. The van der Waals surface area contributed by atoms with Crippen LogP contribution in [-0.4, -0.2) is 29.7 Å². The summed E-state index contributed by atoms with van der Waals surface area (Å²) in [5.74, 6) is 0.365. The summed E-state index contributed by atoms with van der Waals surface area (Å²) in [7, 11) is -7.57. The first-order valence-electron chi connectivity index (χ1n) is 7.27. The van der Waals surface area contributed by atoms with E-state index in [-0.39, 0.29) is 30.5 Å². The van der Waals surface area contributed by atoms with Gasteiger partial charge in [-0.25, -0.2) is 16.8 Å². The van der Waals surface area contributed by atoms with E-state index >= 15 is 0 Å². The fourth-order valence-electron chi connectivity index (χ4n) is 1.90. The average molecular weight is 400 g/mol. The van der Waals surface area contributed by atoms with Crippen LogP contribution in [-0.2, 0) is 19.7 Å². The Bertz CT molecular complexity index is 1030. The molecule has 1 heterocycles. The van der Waals surface area contributed by atoms with Gasteiger partial charge in [-0.15, -0.1) is 11.3 Å². The lowest BCUT2D eigenvalue weighted by atomic mass is 10.2. The number of ether oxygens (including phenoxy) is 1. The smallest absolute Gasteiger partial charge is 0.216 e. The second kappa shape index (κ2) is 7.15. The molecule has 0 atom stereocenters. The summed E-state index contributed by atoms with van der Waals surface area (Å²) in [6, 6.07) is 8.35. The van der Waals surface area contributed by atoms with E-state index in [1.807, 2.05) is 19.9 Å². The first-order chi connectivity index (χ1) is 11.5. The van der Waals surface area contributed by atoms with Crippen LogP contribution in [0.5, 0.6) is 5.75 Å². The van der Waals surface area contributed by atoms with Gasteiger partial charge in [0.15, 0.2) is 9.84 Å². The van der Waals surface area contributed by atoms with Crippen molar-refractivity contribution in [2.24, 2.45) is 5.92 Å². The van der Waals surface area contributed by atoms with Crippen molar-refractivity contribution in [3.05, 3.63) is 35.2 Å². The molecule has 0 N–H and O–H groups in total. The molecule has 1 aromatic carbocycles. The van der Waals surface area contributed by atoms with Crippen LogP contribution in [0.3, 0.4) is 0 Å². The van der Waals surface area contributed by atoms with Crippen molar-refractivity contribution in [1.29, 1.82) is 5.26 Å². The lowest BCUT2D eigenvalue weighted by Gasteiger charge is -2.12. The Morgan fingerprint density at radius 2 is 1.76 bits per heavy atom. The molecule has 0 saturated carbocycles. The van der Waals surface area contributed by atoms with Gasteiger partial charge in [0.25, 0.3) is 0 Å². The van der Waals surface area contributed by atoms with E-state index in [2.05, 4.69) is 0 Å². The highest BCUT2D eigenvalue weighted by molar-refractivity contribution is 7.93. The zero-order chi connectivity index (χ0) is 18.8. The van der Waals surface area contributed by atoms with Crippen molar-refractivity contribution in [2.75, 3.05) is 12.9 Å². The average Bonchev–Trinajstić information content (AvgIpc) is 3.01. The van der Waals surface area contributed by atoms with E-state index < -0.39 is 19.7 Å². The fourth-order valence-corrected chi connectivity index (χ4v) is 5.21. The minimum absolute atomic E-state index is 0.0236. The molecule has 2 rings (SSSR count). The first-order valence-corrected chi connectivity index (χ1v) is 11.5. The molecule has 0 spiro atoms. The highest BCUT2D eigenvalue weighted by Gasteiger charge is 2.23. The number of sulfone groups is 2. The van der Waals surface area contributed by atoms with Crippen molar-refractivity contribution >= 4 is 31.0 Å². The molecule has 0 amide bonds. The third-order valence-corrected chi connectivity index (χ3v) is 7.44. The van der Waals surface area contributed by atoms with Crippen molar-refractivity contribution in [3.8, 4) is 11.8 Å². The molecule has 0 radical (unpaired) electrons. The Kier molecular flexibility index (Phi) is 5.56. The van der Waals surface area contributed by atoms with E-state index in [1.165, 1.54) is 24.3 Å². The molecule has 2 aromatic rings. The van der Waals surface area contributed by atoms with E-state index in [0.717, 1.165) is 23.7 Å². The molecule has 0 unspecified atom stereocenters. The summed E-state index contributed by atoms with van der Waals surface area (Å²) in [6.45, 7) is 4.17. The number of hydrogen-bond acceptors (Lipinski definition) is 7. The van der Waals surface area contributed by atoms with Gasteiger partial charge in [-0.3, -0.25) is 0 Å². The van der Waals surface area contributed by atoms with Gasteiger partial charge >= 0.3 is 0 Å². The largest absolute Gasteiger partial charge is 0.493 e. The predicted molar refractivity (Wildman–Crippen MR) is 94.4 cm³/mol.